The summed E-state index contributed by atoms with van der Waals surface area (Å²) in [6.45, 7) is 27.5. The topological polar surface area (TPSA) is 70.8 Å². The van der Waals surface area contributed by atoms with Crippen molar-refractivity contribution in [1.29, 1.82) is 0 Å². The molecule has 3 saturated carbocycles. The second-order valence-electron chi connectivity index (χ2n) is 28.4. The number of nitrogens with zero attached hydrogens (tertiary/aromatic N) is 7. The van der Waals surface area contributed by atoms with Crippen LogP contribution in [0.4, 0.5) is 13.2 Å². The van der Waals surface area contributed by atoms with Crippen molar-refractivity contribution in [2.75, 3.05) is 140 Å². The summed E-state index contributed by atoms with van der Waals surface area (Å²) in [5.74, 6) is 2.73. The lowest BCUT2D eigenvalue weighted by Gasteiger charge is -2.41. The first-order valence-electron chi connectivity index (χ1n) is 33.4. The Morgan fingerprint density at radius 1 is 0.642 bits per heavy atom. The first-order chi connectivity index (χ1) is 38.7. The van der Waals surface area contributed by atoms with Gasteiger partial charge in [0.05, 0.1) is 10.6 Å². The van der Waals surface area contributed by atoms with Crippen LogP contribution in [0.5, 0.6) is 0 Å². The maximum atomic E-state index is 13.7. The molecule has 2 heterocycles. The van der Waals surface area contributed by atoms with Crippen molar-refractivity contribution in [1.82, 2.24) is 55.6 Å². The van der Waals surface area contributed by atoms with E-state index in [1.165, 1.54) is 122 Å². The Kier molecular flexibility index (Phi) is 29.8. The zero-order valence-electron chi connectivity index (χ0n) is 53.7. The van der Waals surface area contributed by atoms with E-state index >= 15 is 0 Å². The third-order valence-electron chi connectivity index (χ3n) is 20.6. The third-order valence-corrected chi connectivity index (χ3v) is 20.9. The molecule has 0 bridgehead atoms. The quantitative estimate of drug-likeness (QED) is 0.191. The van der Waals surface area contributed by atoms with Gasteiger partial charge in [0.15, 0.2) is 0 Å². The summed E-state index contributed by atoms with van der Waals surface area (Å²) in [5, 5.41) is 16.4. The predicted molar refractivity (Wildman–Crippen MR) is 338 cm³/mol. The van der Waals surface area contributed by atoms with Crippen molar-refractivity contribution in [3.05, 3.63) is 34.3 Å². The lowest BCUT2D eigenvalue weighted by atomic mass is 9.83. The SMILES string of the molecule is CC(C)C[C@H]1CN[C@@H](C2CCCCC2)CN(C)CCN(C)CCN(C)[C@@H](CC2CCCCC2)CN(C)CCN[C@@H](CCc2ccc(C(F)(F)F)c(Cl)c2)CN2CCC[C@H]2CNC2(CCCC2)CN(C)[C@@H](C(C)C)CN[C@H](C)CCN1C. The fourth-order valence-electron chi connectivity index (χ4n) is 15.1. The summed E-state index contributed by atoms with van der Waals surface area (Å²) < 4.78 is 41.2. The van der Waals surface area contributed by atoms with E-state index in [9.17, 15) is 13.2 Å². The van der Waals surface area contributed by atoms with Gasteiger partial charge in [0.2, 0.25) is 0 Å². The molecule has 2 aliphatic heterocycles. The van der Waals surface area contributed by atoms with Gasteiger partial charge < -0.3 is 50.7 Å². The number of aryl methyl sites for hydroxylation is 1. The van der Waals surface area contributed by atoms with Crippen LogP contribution in [-0.2, 0) is 12.6 Å². The second-order valence-corrected chi connectivity index (χ2v) is 28.8. The van der Waals surface area contributed by atoms with Gasteiger partial charge in [0.25, 0.3) is 0 Å². The molecule has 1 aromatic rings. The van der Waals surface area contributed by atoms with Crippen LogP contribution in [-0.4, -0.2) is 223 Å². The maximum absolute atomic E-state index is 13.7. The first kappa shape index (κ1) is 69.0. The summed E-state index contributed by atoms with van der Waals surface area (Å²) in [4.78, 5) is 18.6. The van der Waals surface area contributed by atoms with Crippen LogP contribution >= 0.6 is 11.6 Å². The van der Waals surface area contributed by atoms with Crippen molar-refractivity contribution in [3.63, 3.8) is 0 Å². The van der Waals surface area contributed by atoms with Crippen LogP contribution in [0.1, 0.15) is 174 Å². The van der Waals surface area contributed by atoms with Crippen molar-refractivity contribution in [3.8, 4) is 0 Å². The summed E-state index contributed by atoms with van der Waals surface area (Å²) in [6, 6.07) is 7.40. The van der Waals surface area contributed by atoms with Crippen LogP contribution in [0.3, 0.4) is 0 Å². The molecule has 5 aliphatic rings. The lowest BCUT2D eigenvalue weighted by Crippen LogP contribution is -2.58. The number of fused-ring (bicyclic) bond motifs is 1. The Morgan fingerprint density at radius 2 is 1.31 bits per heavy atom. The molecule has 0 unspecified atom stereocenters. The number of rotatable bonds is 9. The van der Waals surface area contributed by atoms with Gasteiger partial charge >= 0.3 is 6.18 Å². The van der Waals surface area contributed by atoms with E-state index in [4.69, 9.17) is 11.6 Å². The molecule has 0 aromatic heterocycles. The minimum absolute atomic E-state index is 0.106. The molecule has 15 heteroatoms. The average Bonchev–Trinajstić information content (AvgIpc) is 4.28. The van der Waals surface area contributed by atoms with Gasteiger partial charge in [-0.25, -0.2) is 0 Å². The van der Waals surface area contributed by atoms with Gasteiger partial charge in [0, 0.05) is 133 Å². The molecule has 0 amide bonds. The molecule has 1 aromatic carbocycles. The molecule has 3 aliphatic carbocycles. The van der Waals surface area contributed by atoms with Crippen LogP contribution < -0.4 is 21.3 Å². The fraction of sp³-hybridized carbons (Fsp3) is 0.909. The van der Waals surface area contributed by atoms with E-state index in [1.54, 1.807) is 12.1 Å². The molecule has 2 saturated heterocycles. The van der Waals surface area contributed by atoms with Gasteiger partial charge in [-0.05, 0) is 174 Å². The van der Waals surface area contributed by atoms with Crippen LogP contribution in [0.15, 0.2) is 18.2 Å². The maximum Gasteiger partial charge on any atom is 0.417 e. The van der Waals surface area contributed by atoms with Gasteiger partial charge in [-0.2, -0.15) is 13.2 Å². The number of likely N-dealkylation sites (N-methyl/N-ethyl adjacent to an activating group) is 6. The molecule has 7 atom stereocenters. The first-order valence-corrected chi connectivity index (χ1v) is 33.8. The van der Waals surface area contributed by atoms with Crippen molar-refractivity contribution < 1.29 is 13.2 Å². The summed E-state index contributed by atoms with van der Waals surface area (Å²) in [5.41, 5.74) is 0.214. The van der Waals surface area contributed by atoms with Crippen molar-refractivity contribution in [2.24, 2.45) is 23.7 Å². The van der Waals surface area contributed by atoms with E-state index in [1.807, 2.05) is 0 Å². The van der Waals surface area contributed by atoms with E-state index < -0.39 is 11.7 Å². The van der Waals surface area contributed by atoms with Gasteiger partial charge in [0.1, 0.15) is 0 Å². The van der Waals surface area contributed by atoms with Crippen LogP contribution in [0.25, 0.3) is 0 Å². The second kappa shape index (κ2) is 35.0. The lowest BCUT2D eigenvalue weighted by molar-refractivity contribution is -0.137. The Labute approximate surface area is 500 Å². The zero-order valence-corrected chi connectivity index (χ0v) is 54.4. The molecular formula is C66H123ClF3N11. The Hall–Kier alpha value is -1.14. The number of alkyl halides is 3. The molecule has 5 fully saturated rings. The molecule has 4 N–H and O–H groups in total. The molecular weight excluding hydrogens is 1040 g/mol. The molecule has 81 heavy (non-hydrogen) atoms. The minimum Gasteiger partial charge on any atom is -0.313 e. The summed E-state index contributed by atoms with van der Waals surface area (Å²) >= 11 is 6.29. The Bertz CT molecular complexity index is 1860. The fourth-order valence-corrected chi connectivity index (χ4v) is 15.4. The molecule has 6 rings (SSSR count). The number of benzene rings is 1. The minimum atomic E-state index is -4.46. The highest BCUT2D eigenvalue weighted by Crippen LogP contribution is 2.36. The third kappa shape index (κ3) is 23.8. The van der Waals surface area contributed by atoms with E-state index in [0.717, 1.165) is 128 Å². The smallest absolute Gasteiger partial charge is 0.313 e. The highest BCUT2D eigenvalue weighted by atomic mass is 35.5. The predicted octanol–water partition coefficient (Wildman–Crippen LogP) is 10.9. The summed E-state index contributed by atoms with van der Waals surface area (Å²) in [7, 11) is 14.2. The van der Waals surface area contributed by atoms with Crippen LogP contribution in [0.2, 0.25) is 5.02 Å². The van der Waals surface area contributed by atoms with Gasteiger partial charge in [-0.1, -0.05) is 110 Å². The zero-order chi connectivity index (χ0) is 58.5. The molecule has 11 nitrogen and oxygen atoms in total. The van der Waals surface area contributed by atoms with Crippen LogP contribution in [0, 0.1) is 23.7 Å². The van der Waals surface area contributed by atoms with Gasteiger partial charge in [-0.15, -0.1) is 0 Å². The average molecular weight is 1160 g/mol. The highest BCUT2D eigenvalue weighted by Gasteiger charge is 2.39. The molecule has 470 valence electrons. The van der Waals surface area contributed by atoms with E-state index in [0.29, 0.717) is 54.5 Å². The van der Waals surface area contributed by atoms with Crippen molar-refractivity contribution in [2.45, 2.75) is 223 Å². The largest absolute Gasteiger partial charge is 0.417 e. The monoisotopic (exact) mass is 1160 g/mol. The molecule has 0 radical (unpaired) electrons. The number of halogens is 4. The molecule has 1 spiro atoms. The Morgan fingerprint density at radius 3 is 1.99 bits per heavy atom. The van der Waals surface area contributed by atoms with E-state index in [-0.39, 0.29) is 16.6 Å². The highest BCUT2D eigenvalue weighted by molar-refractivity contribution is 6.31. The number of hydrogen-bond acceptors (Lipinski definition) is 11. The van der Waals surface area contributed by atoms with E-state index in [2.05, 4.69) is 132 Å². The Balaban J connectivity index is 1.19. The normalized spacial score (nSPS) is 30.6. The standard InChI is InChI=1S/C66H123ClF3N11/c1-51(2)41-59-44-73-63(56-23-16-13-17-24-56)49-77(8)38-37-75(6)39-40-79(10)60(42-54-21-14-12-15-22-54)48-76(7)36-33-71-57(28-26-55-27-29-61(62(67)43-55)66(68,69)70)47-81-34-20-25-58(81)45-74-65(31-18-19-32-65)50-80(11)64(52(3)4)46-72-53(5)30-35-78(59)9/h27,29,43,51-54,56-60,63-64,71-74H,12-26,28,30-42,44-50H2,1-11H3/t53-,57+,58+,59+,60+,63-,64-/m1/s1. The number of nitrogens with one attached hydrogen (secondary N) is 4. The van der Waals surface area contributed by atoms with Crippen molar-refractivity contribution >= 4 is 11.6 Å². The summed E-state index contributed by atoms with van der Waals surface area (Å²) in [6.07, 6.45) is 21.7. The number of hydrogen-bond donors (Lipinski definition) is 4. The van der Waals surface area contributed by atoms with Gasteiger partial charge in [-0.3, -0.25) is 4.90 Å².